The summed E-state index contributed by atoms with van der Waals surface area (Å²) in [7, 11) is 0. The number of nitrogens with zero attached hydrogens (tertiary/aromatic N) is 1. The summed E-state index contributed by atoms with van der Waals surface area (Å²) in [6.07, 6.45) is 9.34. The van der Waals surface area contributed by atoms with Crippen molar-refractivity contribution in [1.29, 1.82) is 0 Å². The molecule has 1 unspecified atom stereocenters. The van der Waals surface area contributed by atoms with Crippen LogP contribution in [0.3, 0.4) is 0 Å². The molecule has 0 radical (unpaired) electrons. The van der Waals surface area contributed by atoms with Crippen LogP contribution in [0, 0.1) is 12.8 Å². The smallest absolute Gasteiger partial charge is 0.290 e. The van der Waals surface area contributed by atoms with Gasteiger partial charge in [0, 0.05) is 18.5 Å². The Morgan fingerprint density at radius 2 is 1.66 bits per heavy atom. The number of unbranched alkanes of at least 4 members (excludes halogenated alkanes) is 2. The molecule has 5 nitrogen and oxygen atoms in total. The van der Waals surface area contributed by atoms with E-state index < -0.39 is 6.04 Å². The van der Waals surface area contributed by atoms with Gasteiger partial charge in [-0.05, 0) is 111 Å². The topological polar surface area (TPSA) is 62.6 Å². The van der Waals surface area contributed by atoms with Crippen molar-refractivity contribution in [2.24, 2.45) is 5.92 Å². The normalized spacial score (nSPS) is 21.8. The first kappa shape index (κ1) is 31.4. The number of carbonyl (C=O) groups is 2. The van der Waals surface area contributed by atoms with E-state index in [-0.39, 0.29) is 28.2 Å². The van der Waals surface area contributed by atoms with Crippen LogP contribution < -0.4 is 5.32 Å². The third kappa shape index (κ3) is 7.27. The lowest BCUT2D eigenvalue weighted by molar-refractivity contribution is -0.128. The second-order valence-electron chi connectivity index (χ2n) is 15.2. The van der Waals surface area contributed by atoms with Gasteiger partial charge in [-0.2, -0.15) is 0 Å². The number of benzene rings is 1. The van der Waals surface area contributed by atoms with Crippen molar-refractivity contribution in [2.75, 3.05) is 6.54 Å². The van der Waals surface area contributed by atoms with Gasteiger partial charge in [0.25, 0.3) is 5.91 Å². The van der Waals surface area contributed by atoms with Gasteiger partial charge in [-0.15, -0.1) is 0 Å². The molecule has 1 fully saturated rings. The van der Waals surface area contributed by atoms with Crippen LogP contribution in [0.25, 0.3) is 0 Å². The molecule has 0 bridgehead atoms. The van der Waals surface area contributed by atoms with Crippen molar-refractivity contribution < 1.29 is 14.0 Å². The highest BCUT2D eigenvalue weighted by Crippen LogP contribution is 2.46. The van der Waals surface area contributed by atoms with Crippen molar-refractivity contribution in [3.63, 3.8) is 0 Å². The molecule has 5 heteroatoms. The van der Waals surface area contributed by atoms with E-state index in [1.807, 2.05) is 26.8 Å². The Bertz CT molecular complexity index is 1250. The first-order valence-electron chi connectivity index (χ1n) is 16.0. The fourth-order valence-corrected chi connectivity index (χ4v) is 6.79. The van der Waals surface area contributed by atoms with Crippen molar-refractivity contribution in [3.8, 4) is 0 Å². The molecule has 4 rings (SSSR count). The highest BCUT2D eigenvalue weighted by Gasteiger charge is 2.39. The maximum Gasteiger partial charge on any atom is 0.290 e. The number of nitrogens with one attached hydrogen (secondary N) is 1. The van der Waals surface area contributed by atoms with Crippen LogP contribution in [0.5, 0.6) is 0 Å². The fourth-order valence-electron chi connectivity index (χ4n) is 6.79. The first-order chi connectivity index (χ1) is 19.1. The molecule has 1 N–H and O–H groups in total. The molecule has 2 aliphatic rings. The molecule has 1 aromatic heterocycles. The molecule has 1 aliphatic heterocycles. The van der Waals surface area contributed by atoms with Crippen LogP contribution in [0.15, 0.2) is 28.7 Å². The number of amides is 2. The minimum atomic E-state index is -0.467. The Hall–Kier alpha value is -2.56. The summed E-state index contributed by atoms with van der Waals surface area (Å²) in [5, 5.41) is 3.11. The van der Waals surface area contributed by atoms with Crippen LogP contribution in [0.2, 0.25) is 0 Å². The summed E-state index contributed by atoms with van der Waals surface area (Å²) >= 11 is 0. The van der Waals surface area contributed by atoms with Gasteiger partial charge in [0.15, 0.2) is 5.76 Å². The molecule has 2 amide bonds. The Morgan fingerprint density at radius 1 is 1.00 bits per heavy atom. The maximum atomic E-state index is 13.9. The van der Waals surface area contributed by atoms with Gasteiger partial charge in [-0.25, -0.2) is 0 Å². The fraction of sp³-hybridized carbons (Fsp3) is 0.667. The van der Waals surface area contributed by atoms with Gasteiger partial charge >= 0.3 is 0 Å². The maximum absolute atomic E-state index is 13.9. The van der Waals surface area contributed by atoms with E-state index in [0.717, 1.165) is 18.6 Å². The molecule has 2 atom stereocenters. The lowest BCUT2D eigenvalue weighted by Crippen LogP contribution is -2.56. The zero-order valence-electron chi connectivity index (χ0n) is 27.2. The minimum absolute atomic E-state index is 0.0696. The van der Waals surface area contributed by atoms with Gasteiger partial charge < -0.3 is 14.6 Å². The Balaban J connectivity index is 1.56. The third-order valence-electron chi connectivity index (χ3n) is 9.50. The molecule has 41 heavy (non-hydrogen) atoms. The van der Waals surface area contributed by atoms with Crippen molar-refractivity contribution in [3.05, 3.63) is 58.0 Å². The second kappa shape index (κ2) is 12.0. The molecule has 1 aromatic carbocycles. The first-order valence-corrected chi connectivity index (χ1v) is 16.0. The molecular weight excluding hydrogens is 508 g/mol. The zero-order chi connectivity index (χ0) is 30.2. The van der Waals surface area contributed by atoms with Gasteiger partial charge in [0.1, 0.15) is 11.8 Å². The standard InChI is InChI=1S/C36H54N2O3/c1-10-11-12-13-25-14-16-30(32(39)37-34(3,4)5)38(23-25)33(40)31-17-15-27(41-31)21-26-22-29-28(20-24(26)2)35(6,7)18-19-36(29,8)9/h15,17,20,22,25,30H,10-14,16,18-19,21,23H2,1-9H3,(H,37,39)/t25-,30?/m0/s1. The van der Waals surface area contributed by atoms with Gasteiger partial charge in [-0.1, -0.05) is 66.0 Å². The monoisotopic (exact) mass is 562 g/mol. The van der Waals surface area contributed by atoms with Gasteiger partial charge in [-0.3, -0.25) is 9.59 Å². The predicted octanol–water partition coefficient (Wildman–Crippen LogP) is 8.24. The number of aryl methyl sites for hydroxylation is 1. The predicted molar refractivity (Wildman–Crippen MR) is 168 cm³/mol. The summed E-state index contributed by atoms with van der Waals surface area (Å²) < 4.78 is 6.23. The lowest BCUT2D eigenvalue weighted by Gasteiger charge is -2.42. The van der Waals surface area contributed by atoms with Crippen LogP contribution in [-0.4, -0.2) is 34.8 Å². The largest absolute Gasteiger partial charge is 0.456 e. The van der Waals surface area contributed by atoms with Crippen molar-refractivity contribution in [2.45, 2.75) is 143 Å². The van der Waals surface area contributed by atoms with Crippen LogP contribution >= 0.6 is 0 Å². The molecule has 1 saturated heterocycles. The third-order valence-corrected chi connectivity index (χ3v) is 9.50. The second-order valence-corrected chi connectivity index (χ2v) is 15.2. The number of fused-ring (bicyclic) bond motifs is 1. The molecular formula is C36H54N2O3. The van der Waals surface area contributed by atoms with Gasteiger partial charge in [0.2, 0.25) is 5.91 Å². The number of furan rings is 1. The Kier molecular flexibility index (Phi) is 9.16. The average molecular weight is 563 g/mol. The van der Waals surface area contributed by atoms with Crippen LogP contribution in [0.4, 0.5) is 0 Å². The Morgan fingerprint density at radius 3 is 2.29 bits per heavy atom. The van der Waals surface area contributed by atoms with E-state index in [0.29, 0.717) is 31.1 Å². The number of rotatable bonds is 8. The number of hydrogen-bond acceptors (Lipinski definition) is 3. The van der Waals surface area contributed by atoms with E-state index in [1.165, 1.54) is 54.4 Å². The number of hydrogen-bond donors (Lipinski definition) is 1. The van der Waals surface area contributed by atoms with E-state index in [2.05, 4.69) is 59.0 Å². The van der Waals surface area contributed by atoms with Crippen LogP contribution in [0.1, 0.15) is 145 Å². The highest BCUT2D eigenvalue weighted by molar-refractivity contribution is 5.96. The number of carbonyl (C=O) groups excluding carboxylic acids is 2. The van der Waals surface area contributed by atoms with Gasteiger partial charge in [0.05, 0.1) is 0 Å². The van der Waals surface area contributed by atoms with E-state index in [9.17, 15) is 9.59 Å². The summed E-state index contributed by atoms with van der Waals surface area (Å²) in [6, 6.07) is 8.04. The van der Waals surface area contributed by atoms with E-state index in [1.54, 1.807) is 11.0 Å². The number of piperidine rings is 1. The summed E-state index contributed by atoms with van der Waals surface area (Å²) in [4.78, 5) is 29.0. The van der Waals surface area contributed by atoms with Crippen molar-refractivity contribution >= 4 is 11.8 Å². The minimum Gasteiger partial charge on any atom is -0.456 e. The molecule has 0 saturated carbocycles. The molecule has 2 aromatic rings. The SMILES string of the molecule is CCCCC[C@H]1CCC(C(=O)NC(C)(C)C)N(C(=O)c2ccc(Cc3cc4c(cc3C)C(C)(C)CCC4(C)C)o2)C1. The highest BCUT2D eigenvalue weighted by atomic mass is 16.4. The quantitative estimate of drug-likeness (QED) is 0.330. The lowest BCUT2D eigenvalue weighted by atomic mass is 9.62. The Labute approximate surface area is 248 Å². The number of likely N-dealkylation sites (tertiary alicyclic amines) is 1. The van der Waals surface area contributed by atoms with Crippen molar-refractivity contribution in [1.82, 2.24) is 10.2 Å². The molecule has 2 heterocycles. The van der Waals surface area contributed by atoms with Crippen LogP contribution in [-0.2, 0) is 22.0 Å². The summed E-state index contributed by atoms with van der Waals surface area (Å²) in [5.74, 6) is 1.30. The summed E-state index contributed by atoms with van der Waals surface area (Å²) in [6.45, 7) is 20.4. The average Bonchev–Trinajstić information content (AvgIpc) is 3.35. The molecule has 226 valence electrons. The molecule has 1 aliphatic carbocycles. The van der Waals surface area contributed by atoms with E-state index in [4.69, 9.17) is 4.42 Å². The molecule has 0 spiro atoms. The summed E-state index contributed by atoms with van der Waals surface area (Å²) in [5.41, 5.74) is 5.39. The zero-order valence-corrected chi connectivity index (χ0v) is 27.2. The van der Waals surface area contributed by atoms with E-state index >= 15 is 0 Å².